The summed E-state index contributed by atoms with van der Waals surface area (Å²) in [5.41, 5.74) is 7.90. The fraction of sp³-hybridized carbons (Fsp3) is 0.429. The molecule has 0 spiro atoms. The SMILES string of the molecule is NCC1CC(=O)N(CCc2ccc3cn[nH]c3c2)C1. The molecule has 1 unspecified atom stereocenters. The maximum absolute atomic E-state index is 11.8. The maximum Gasteiger partial charge on any atom is 0.222 e. The molecule has 1 saturated heterocycles. The molecule has 1 aromatic carbocycles. The van der Waals surface area contributed by atoms with Gasteiger partial charge in [0.1, 0.15) is 0 Å². The minimum Gasteiger partial charge on any atom is -0.342 e. The highest BCUT2D eigenvalue weighted by molar-refractivity contribution is 5.79. The fourth-order valence-corrected chi connectivity index (χ4v) is 2.63. The van der Waals surface area contributed by atoms with Crippen LogP contribution in [0.1, 0.15) is 12.0 Å². The van der Waals surface area contributed by atoms with Crippen LogP contribution in [0.4, 0.5) is 0 Å². The predicted octanol–water partition coefficient (Wildman–Crippen LogP) is 0.913. The minimum absolute atomic E-state index is 0.234. The fourth-order valence-electron chi connectivity index (χ4n) is 2.63. The van der Waals surface area contributed by atoms with Crippen LogP contribution in [-0.4, -0.2) is 40.6 Å². The molecule has 3 rings (SSSR count). The molecule has 0 aliphatic carbocycles. The lowest BCUT2D eigenvalue weighted by Gasteiger charge is -2.16. The number of fused-ring (bicyclic) bond motifs is 1. The van der Waals surface area contributed by atoms with E-state index in [0.717, 1.165) is 30.4 Å². The summed E-state index contributed by atoms with van der Waals surface area (Å²) in [4.78, 5) is 13.7. The quantitative estimate of drug-likeness (QED) is 0.856. The molecule has 0 saturated carbocycles. The van der Waals surface area contributed by atoms with Crippen molar-refractivity contribution in [1.82, 2.24) is 15.1 Å². The number of aromatic nitrogens is 2. The summed E-state index contributed by atoms with van der Waals surface area (Å²) < 4.78 is 0. The van der Waals surface area contributed by atoms with Crippen LogP contribution in [0, 0.1) is 5.92 Å². The van der Waals surface area contributed by atoms with Crippen LogP contribution < -0.4 is 5.73 Å². The van der Waals surface area contributed by atoms with Gasteiger partial charge in [-0.1, -0.05) is 12.1 Å². The summed E-state index contributed by atoms with van der Waals surface area (Å²) >= 11 is 0. The normalized spacial score (nSPS) is 19.5. The van der Waals surface area contributed by atoms with Crippen molar-refractivity contribution in [2.45, 2.75) is 12.8 Å². The van der Waals surface area contributed by atoms with Gasteiger partial charge in [0.2, 0.25) is 5.91 Å². The Morgan fingerprint density at radius 1 is 1.47 bits per heavy atom. The molecule has 19 heavy (non-hydrogen) atoms. The van der Waals surface area contributed by atoms with Gasteiger partial charge in [0.05, 0.1) is 11.7 Å². The zero-order valence-corrected chi connectivity index (χ0v) is 10.8. The second kappa shape index (κ2) is 5.01. The van der Waals surface area contributed by atoms with Crippen molar-refractivity contribution in [3.05, 3.63) is 30.0 Å². The summed E-state index contributed by atoms with van der Waals surface area (Å²) in [6, 6.07) is 6.25. The molecule has 100 valence electrons. The van der Waals surface area contributed by atoms with E-state index in [4.69, 9.17) is 5.73 Å². The van der Waals surface area contributed by atoms with Gasteiger partial charge in [-0.15, -0.1) is 0 Å². The van der Waals surface area contributed by atoms with Gasteiger partial charge >= 0.3 is 0 Å². The minimum atomic E-state index is 0.234. The summed E-state index contributed by atoms with van der Waals surface area (Å²) in [5, 5.41) is 8.09. The number of carbonyl (C=O) groups excluding carboxylic acids is 1. The number of nitrogens with two attached hydrogens (primary N) is 1. The Kier molecular flexibility index (Phi) is 3.21. The molecule has 1 aliphatic rings. The summed E-state index contributed by atoms with van der Waals surface area (Å²) in [7, 11) is 0. The molecule has 0 bridgehead atoms. The molecule has 1 aromatic heterocycles. The van der Waals surface area contributed by atoms with Crippen LogP contribution in [0.2, 0.25) is 0 Å². The number of aromatic amines is 1. The van der Waals surface area contributed by atoms with Crippen LogP contribution in [0.15, 0.2) is 24.4 Å². The van der Waals surface area contributed by atoms with Crippen molar-refractivity contribution in [2.75, 3.05) is 19.6 Å². The van der Waals surface area contributed by atoms with Crippen molar-refractivity contribution in [3.8, 4) is 0 Å². The summed E-state index contributed by atoms with van der Waals surface area (Å²) in [5.74, 6) is 0.570. The van der Waals surface area contributed by atoms with E-state index in [2.05, 4.69) is 28.4 Å². The van der Waals surface area contributed by atoms with Crippen molar-refractivity contribution in [3.63, 3.8) is 0 Å². The average molecular weight is 258 g/mol. The monoisotopic (exact) mass is 258 g/mol. The Labute approximate surface area is 111 Å². The van der Waals surface area contributed by atoms with E-state index in [1.54, 1.807) is 0 Å². The van der Waals surface area contributed by atoms with E-state index < -0.39 is 0 Å². The van der Waals surface area contributed by atoms with Crippen molar-refractivity contribution in [2.24, 2.45) is 11.7 Å². The largest absolute Gasteiger partial charge is 0.342 e. The van der Waals surface area contributed by atoms with Gasteiger partial charge in [0.25, 0.3) is 0 Å². The Balaban J connectivity index is 1.64. The number of carbonyl (C=O) groups is 1. The van der Waals surface area contributed by atoms with Crippen LogP contribution in [0.3, 0.4) is 0 Å². The highest BCUT2D eigenvalue weighted by Gasteiger charge is 2.27. The van der Waals surface area contributed by atoms with Crippen LogP contribution in [0.5, 0.6) is 0 Å². The van der Waals surface area contributed by atoms with E-state index in [9.17, 15) is 4.79 Å². The van der Waals surface area contributed by atoms with Gasteiger partial charge in [-0.2, -0.15) is 5.10 Å². The third-order valence-electron chi connectivity index (χ3n) is 3.80. The van der Waals surface area contributed by atoms with Gasteiger partial charge in [-0.25, -0.2) is 0 Å². The average Bonchev–Trinajstić information content (AvgIpc) is 3.02. The molecular weight excluding hydrogens is 240 g/mol. The van der Waals surface area contributed by atoms with Crippen molar-refractivity contribution >= 4 is 16.8 Å². The molecule has 5 nitrogen and oxygen atoms in total. The first kappa shape index (κ1) is 12.2. The van der Waals surface area contributed by atoms with E-state index >= 15 is 0 Å². The van der Waals surface area contributed by atoms with Crippen molar-refractivity contribution < 1.29 is 4.79 Å². The smallest absolute Gasteiger partial charge is 0.222 e. The second-order valence-electron chi connectivity index (χ2n) is 5.19. The topological polar surface area (TPSA) is 75.0 Å². The Morgan fingerprint density at radius 3 is 3.16 bits per heavy atom. The number of likely N-dealkylation sites (tertiary alicyclic amines) is 1. The lowest BCUT2D eigenvalue weighted by Crippen LogP contribution is -2.28. The Hall–Kier alpha value is -1.88. The first-order valence-electron chi connectivity index (χ1n) is 6.66. The predicted molar refractivity (Wildman–Crippen MR) is 73.5 cm³/mol. The number of benzene rings is 1. The molecule has 1 amide bonds. The highest BCUT2D eigenvalue weighted by atomic mass is 16.2. The molecule has 3 N–H and O–H groups in total. The molecule has 1 aliphatic heterocycles. The number of rotatable bonds is 4. The highest BCUT2D eigenvalue weighted by Crippen LogP contribution is 2.18. The first-order chi connectivity index (χ1) is 9.26. The van der Waals surface area contributed by atoms with Crippen molar-refractivity contribution in [1.29, 1.82) is 0 Å². The van der Waals surface area contributed by atoms with Gasteiger partial charge in [0, 0.05) is 24.9 Å². The van der Waals surface area contributed by atoms with E-state index in [-0.39, 0.29) is 5.91 Å². The third kappa shape index (κ3) is 2.46. The molecule has 1 atom stereocenters. The molecule has 1 fully saturated rings. The van der Waals surface area contributed by atoms with E-state index in [1.807, 2.05) is 11.1 Å². The number of H-pyrrole nitrogens is 1. The zero-order chi connectivity index (χ0) is 13.2. The van der Waals surface area contributed by atoms with Crippen LogP contribution in [0.25, 0.3) is 10.9 Å². The number of hydrogen-bond acceptors (Lipinski definition) is 3. The molecule has 0 radical (unpaired) electrons. The molecular formula is C14H18N4O. The number of nitrogens with zero attached hydrogens (tertiary/aromatic N) is 2. The van der Waals surface area contributed by atoms with Crippen LogP contribution >= 0.6 is 0 Å². The maximum atomic E-state index is 11.8. The Bertz CT molecular complexity index is 592. The lowest BCUT2D eigenvalue weighted by molar-refractivity contribution is -0.127. The third-order valence-corrected chi connectivity index (χ3v) is 3.80. The van der Waals surface area contributed by atoms with Crippen LogP contribution in [-0.2, 0) is 11.2 Å². The molecule has 2 aromatic rings. The zero-order valence-electron chi connectivity index (χ0n) is 10.8. The Morgan fingerprint density at radius 2 is 2.37 bits per heavy atom. The van der Waals surface area contributed by atoms with Gasteiger partial charge in [-0.05, 0) is 30.5 Å². The standard InChI is InChI=1S/C14H18N4O/c15-7-11-6-14(19)18(9-11)4-3-10-1-2-12-8-16-17-13(12)5-10/h1-2,5,8,11H,3-4,6-7,9,15H2,(H,16,17). The molecule has 2 heterocycles. The van der Waals surface area contributed by atoms with Gasteiger partial charge in [-0.3, -0.25) is 9.89 Å². The number of amides is 1. The first-order valence-corrected chi connectivity index (χ1v) is 6.66. The van der Waals surface area contributed by atoms with Gasteiger partial charge < -0.3 is 10.6 Å². The number of nitrogens with one attached hydrogen (secondary N) is 1. The number of hydrogen-bond donors (Lipinski definition) is 2. The van der Waals surface area contributed by atoms with E-state index in [0.29, 0.717) is 18.9 Å². The van der Waals surface area contributed by atoms with E-state index in [1.165, 1.54) is 5.56 Å². The lowest BCUT2D eigenvalue weighted by atomic mass is 10.1. The summed E-state index contributed by atoms with van der Waals surface area (Å²) in [6.45, 7) is 2.18. The van der Waals surface area contributed by atoms with Gasteiger partial charge in [0.15, 0.2) is 0 Å². The second-order valence-corrected chi connectivity index (χ2v) is 5.19. The molecule has 5 heteroatoms. The summed E-state index contributed by atoms with van der Waals surface area (Å²) in [6.07, 6.45) is 3.29.